The van der Waals surface area contributed by atoms with Crippen molar-refractivity contribution >= 4 is 0 Å². The van der Waals surface area contributed by atoms with E-state index < -0.39 is 0 Å². The van der Waals surface area contributed by atoms with Crippen LogP contribution in [0, 0.1) is 0 Å². The highest BCUT2D eigenvalue weighted by Gasteiger charge is 2.07. The molecule has 2 N–H and O–H groups in total. The zero-order valence-electron chi connectivity index (χ0n) is 10.5. The molecule has 0 radical (unpaired) electrons. The first-order chi connectivity index (χ1) is 8.79. The lowest BCUT2D eigenvalue weighted by Gasteiger charge is -2.17. The summed E-state index contributed by atoms with van der Waals surface area (Å²) in [4.78, 5) is 4.17. The molecule has 18 heavy (non-hydrogen) atoms. The van der Waals surface area contributed by atoms with Crippen molar-refractivity contribution in [1.29, 1.82) is 0 Å². The van der Waals surface area contributed by atoms with E-state index in [1.807, 2.05) is 12.1 Å². The van der Waals surface area contributed by atoms with E-state index in [2.05, 4.69) is 41.5 Å². The van der Waals surface area contributed by atoms with Crippen LogP contribution < -0.4 is 5.32 Å². The van der Waals surface area contributed by atoms with E-state index in [9.17, 15) is 5.11 Å². The molecule has 1 aromatic heterocycles. The molecule has 3 nitrogen and oxygen atoms in total. The molecular weight excluding hydrogens is 224 g/mol. The molecule has 1 aromatic carbocycles. The molecule has 0 spiro atoms. The summed E-state index contributed by atoms with van der Waals surface area (Å²) in [5.41, 5.74) is 2.22. The maximum absolute atomic E-state index is 9.18. The second kappa shape index (κ2) is 6.17. The fraction of sp³-hybridized carbons (Fsp3) is 0.267. The van der Waals surface area contributed by atoms with E-state index in [4.69, 9.17) is 0 Å². The highest BCUT2D eigenvalue weighted by Crippen LogP contribution is 2.16. The molecule has 0 fully saturated rings. The van der Waals surface area contributed by atoms with Gasteiger partial charge in [0, 0.05) is 12.6 Å². The molecule has 1 unspecified atom stereocenters. The normalized spacial score (nSPS) is 12.3. The Bertz CT molecular complexity index is 468. The summed E-state index contributed by atoms with van der Waals surface area (Å²) in [6, 6.07) is 14.2. The van der Waals surface area contributed by atoms with Gasteiger partial charge in [-0.2, -0.15) is 0 Å². The molecule has 2 rings (SSSR count). The molecular formula is C15H18N2O. The molecule has 2 aromatic rings. The van der Waals surface area contributed by atoms with E-state index in [1.54, 1.807) is 6.07 Å². The summed E-state index contributed by atoms with van der Waals surface area (Å²) >= 11 is 0. The highest BCUT2D eigenvalue weighted by molar-refractivity contribution is 5.20. The largest absolute Gasteiger partial charge is 0.506 e. The van der Waals surface area contributed by atoms with Gasteiger partial charge in [0.2, 0.25) is 0 Å². The lowest BCUT2D eigenvalue weighted by Crippen LogP contribution is -2.20. The topological polar surface area (TPSA) is 45.1 Å². The van der Waals surface area contributed by atoms with Gasteiger partial charge >= 0.3 is 0 Å². The van der Waals surface area contributed by atoms with Crippen molar-refractivity contribution in [2.45, 2.75) is 25.9 Å². The smallest absolute Gasteiger partial charge is 0.133 e. The minimum Gasteiger partial charge on any atom is -0.506 e. The molecule has 0 saturated heterocycles. The van der Waals surface area contributed by atoms with Gasteiger partial charge in [-0.3, -0.25) is 4.98 Å². The fourth-order valence-electron chi connectivity index (χ4n) is 1.93. The van der Waals surface area contributed by atoms with Crippen LogP contribution in [0.3, 0.4) is 0 Å². The minimum absolute atomic E-state index is 0.203. The molecule has 0 amide bonds. The molecule has 0 saturated carbocycles. The fourth-order valence-corrected chi connectivity index (χ4v) is 1.93. The highest BCUT2D eigenvalue weighted by atomic mass is 16.3. The zero-order valence-corrected chi connectivity index (χ0v) is 10.5. The van der Waals surface area contributed by atoms with Crippen LogP contribution in [-0.2, 0) is 6.54 Å². The van der Waals surface area contributed by atoms with Gasteiger partial charge in [0.25, 0.3) is 0 Å². The standard InChI is InChI=1S/C15H18N2O/c1-2-15(12-6-4-3-5-7-12)17-10-13-8-9-14(18)11-16-13/h3-9,11,15,17-18H,2,10H2,1H3. The number of pyridine rings is 1. The van der Waals surface area contributed by atoms with Crippen molar-refractivity contribution in [2.24, 2.45) is 0 Å². The van der Waals surface area contributed by atoms with Gasteiger partial charge in [-0.05, 0) is 24.1 Å². The van der Waals surface area contributed by atoms with E-state index in [0.717, 1.165) is 12.1 Å². The van der Waals surface area contributed by atoms with Crippen LogP contribution in [0.5, 0.6) is 5.75 Å². The lowest BCUT2D eigenvalue weighted by molar-refractivity contribution is 0.470. The van der Waals surface area contributed by atoms with E-state index in [-0.39, 0.29) is 5.75 Å². The molecule has 1 heterocycles. The molecule has 94 valence electrons. The number of aromatic hydroxyl groups is 1. The van der Waals surface area contributed by atoms with Gasteiger partial charge in [-0.15, -0.1) is 0 Å². The average Bonchev–Trinajstić information content (AvgIpc) is 2.43. The monoisotopic (exact) mass is 242 g/mol. The number of nitrogens with zero attached hydrogens (tertiary/aromatic N) is 1. The summed E-state index contributed by atoms with van der Waals surface area (Å²) in [5.74, 6) is 0.203. The second-order valence-corrected chi connectivity index (χ2v) is 4.26. The van der Waals surface area contributed by atoms with Crippen molar-refractivity contribution in [3.8, 4) is 5.75 Å². The van der Waals surface area contributed by atoms with Gasteiger partial charge in [0.05, 0.1) is 11.9 Å². The first kappa shape index (κ1) is 12.6. The summed E-state index contributed by atoms with van der Waals surface area (Å²) < 4.78 is 0. The Morgan fingerprint density at radius 2 is 1.94 bits per heavy atom. The number of rotatable bonds is 5. The van der Waals surface area contributed by atoms with Crippen molar-refractivity contribution in [3.05, 3.63) is 59.9 Å². The third-order valence-electron chi connectivity index (χ3n) is 2.95. The lowest BCUT2D eigenvalue weighted by atomic mass is 10.0. The van der Waals surface area contributed by atoms with E-state index >= 15 is 0 Å². The Labute approximate surface area is 108 Å². The molecule has 0 aliphatic heterocycles. The number of benzene rings is 1. The van der Waals surface area contributed by atoms with Crippen LogP contribution in [0.2, 0.25) is 0 Å². The van der Waals surface area contributed by atoms with E-state index in [1.165, 1.54) is 11.8 Å². The van der Waals surface area contributed by atoms with Gasteiger partial charge in [-0.25, -0.2) is 0 Å². The Morgan fingerprint density at radius 3 is 2.56 bits per heavy atom. The van der Waals surface area contributed by atoms with E-state index in [0.29, 0.717) is 12.6 Å². The molecule has 0 aliphatic rings. The van der Waals surface area contributed by atoms with Crippen LogP contribution in [0.4, 0.5) is 0 Å². The Balaban J connectivity index is 1.97. The minimum atomic E-state index is 0.203. The Kier molecular flexibility index (Phi) is 4.31. The van der Waals surface area contributed by atoms with Crippen molar-refractivity contribution in [2.75, 3.05) is 0 Å². The zero-order chi connectivity index (χ0) is 12.8. The quantitative estimate of drug-likeness (QED) is 0.847. The second-order valence-electron chi connectivity index (χ2n) is 4.26. The predicted octanol–water partition coefficient (Wildman–Crippen LogP) is 3.03. The predicted molar refractivity (Wildman–Crippen MR) is 72.2 cm³/mol. The third-order valence-corrected chi connectivity index (χ3v) is 2.95. The average molecular weight is 242 g/mol. The number of hydrogen-bond donors (Lipinski definition) is 2. The summed E-state index contributed by atoms with van der Waals surface area (Å²) in [7, 11) is 0. The van der Waals surface area contributed by atoms with Gasteiger partial charge in [0.1, 0.15) is 5.75 Å². The van der Waals surface area contributed by atoms with Crippen LogP contribution in [-0.4, -0.2) is 10.1 Å². The molecule has 1 atom stereocenters. The first-order valence-electron chi connectivity index (χ1n) is 6.22. The third kappa shape index (κ3) is 3.31. The molecule has 3 heteroatoms. The van der Waals surface area contributed by atoms with Crippen LogP contribution >= 0.6 is 0 Å². The van der Waals surface area contributed by atoms with Crippen LogP contribution in [0.1, 0.15) is 30.6 Å². The summed E-state index contributed by atoms with van der Waals surface area (Å²) in [6.45, 7) is 2.86. The number of aromatic nitrogens is 1. The Morgan fingerprint density at radius 1 is 1.17 bits per heavy atom. The van der Waals surface area contributed by atoms with Gasteiger partial charge in [-0.1, -0.05) is 37.3 Å². The number of hydrogen-bond acceptors (Lipinski definition) is 3. The van der Waals surface area contributed by atoms with Gasteiger partial charge in [0.15, 0.2) is 0 Å². The van der Waals surface area contributed by atoms with Crippen LogP contribution in [0.25, 0.3) is 0 Å². The van der Waals surface area contributed by atoms with Gasteiger partial charge < -0.3 is 10.4 Å². The molecule has 0 bridgehead atoms. The van der Waals surface area contributed by atoms with Crippen molar-refractivity contribution in [1.82, 2.24) is 10.3 Å². The maximum atomic E-state index is 9.18. The SMILES string of the molecule is CCC(NCc1ccc(O)cn1)c1ccccc1. The maximum Gasteiger partial charge on any atom is 0.133 e. The summed E-state index contributed by atoms with van der Waals surface area (Å²) in [6.07, 6.45) is 2.50. The summed E-state index contributed by atoms with van der Waals surface area (Å²) in [5, 5.41) is 12.7. The Hall–Kier alpha value is -1.87. The number of nitrogens with one attached hydrogen (secondary N) is 1. The van der Waals surface area contributed by atoms with Crippen LogP contribution in [0.15, 0.2) is 48.7 Å². The molecule has 0 aliphatic carbocycles. The van der Waals surface area contributed by atoms with Crippen molar-refractivity contribution in [3.63, 3.8) is 0 Å². The van der Waals surface area contributed by atoms with Crippen molar-refractivity contribution < 1.29 is 5.11 Å². The first-order valence-corrected chi connectivity index (χ1v) is 6.22.